The first kappa shape index (κ1) is 15.9. The summed E-state index contributed by atoms with van der Waals surface area (Å²) in [5, 5.41) is 3.61. The predicted octanol–water partition coefficient (Wildman–Crippen LogP) is 4.44. The first-order chi connectivity index (χ1) is 10.6. The second-order valence-electron chi connectivity index (χ2n) is 4.23. The van der Waals surface area contributed by atoms with E-state index in [1.165, 1.54) is 25.4 Å². The second-order valence-corrected chi connectivity index (χ2v) is 4.67. The molecular weight excluding hydrogens is 303 g/mol. The number of hydrogen-bond donors (Lipinski definition) is 1. The van der Waals surface area contributed by atoms with Gasteiger partial charge in [0.05, 0.1) is 11.3 Å². The van der Waals surface area contributed by atoms with E-state index in [0.717, 1.165) is 5.69 Å². The second kappa shape index (κ2) is 7.47. The zero-order valence-corrected chi connectivity index (χ0v) is 12.7. The van der Waals surface area contributed by atoms with E-state index in [2.05, 4.69) is 26.9 Å². The van der Waals surface area contributed by atoms with Crippen LogP contribution in [0.15, 0.2) is 60.3 Å². The number of halogens is 2. The smallest absolute Gasteiger partial charge is 0.227 e. The van der Waals surface area contributed by atoms with Crippen LogP contribution >= 0.6 is 11.6 Å². The summed E-state index contributed by atoms with van der Waals surface area (Å²) >= 11 is 5.93. The van der Waals surface area contributed by atoms with Gasteiger partial charge in [0.25, 0.3) is 0 Å². The van der Waals surface area contributed by atoms with E-state index in [1.807, 2.05) is 6.07 Å². The quantitative estimate of drug-likeness (QED) is 0.655. The molecule has 4 nitrogen and oxygen atoms in total. The predicted molar refractivity (Wildman–Crippen MR) is 89.4 cm³/mol. The number of nitrogens with zero attached hydrogens (tertiary/aromatic N) is 3. The lowest BCUT2D eigenvalue weighted by Gasteiger charge is -2.07. The van der Waals surface area contributed by atoms with Crippen LogP contribution < -0.4 is 5.32 Å². The van der Waals surface area contributed by atoms with Crippen LogP contribution in [0, 0.1) is 0 Å². The minimum atomic E-state index is -0.618. The Hall–Kier alpha value is -2.53. The van der Waals surface area contributed by atoms with Crippen molar-refractivity contribution in [3.05, 3.63) is 66.0 Å². The zero-order chi connectivity index (χ0) is 15.9. The summed E-state index contributed by atoms with van der Waals surface area (Å²) in [6, 6.07) is 8.74. The lowest BCUT2D eigenvalue weighted by Crippen LogP contribution is -2.02. The molecule has 0 saturated heterocycles. The van der Waals surface area contributed by atoms with Gasteiger partial charge in [0, 0.05) is 24.0 Å². The van der Waals surface area contributed by atoms with Gasteiger partial charge in [-0.25, -0.2) is 9.97 Å². The average Bonchev–Trinajstić information content (AvgIpc) is 2.52. The van der Waals surface area contributed by atoms with Gasteiger partial charge in [-0.05, 0) is 30.3 Å². The molecule has 1 aromatic carbocycles. The molecule has 0 radical (unpaired) electrons. The fourth-order valence-electron chi connectivity index (χ4n) is 1.76. The maximum absolute atomic E-state index is 13.8. The summed E-state index contributed by atoms with van der Waals surface area (Å²) in [5.41, 5.74) is 1.39. The number of nitrogens with one attached hydrogen (secondary N) is 1. The molecule has 0 spiro atoms. The van der Waals surface area contributed by atoms with Crippen LogP contribution in [0.1, 0.15) is 5.69 Å². The molecule has 2 aromatic rings. The third-order valence-corrected chi connectivity index (χ3v) is 2.95. The Labute approximate surface area is 133 Å². The molecule has 0 fully saturated rings. The maximum atomic E-state index is 13.8. The van der Waals surface area contributed by atoms with Crippen molar-refractivity contribution < 1.29 is 4.39 Å². The van der Waals surface area contributed by atoms with Crippen LogP contribution in [-0.2, 0) is 0 Å². The summed E-state index contributed by atoms with van der Waals surface area (Å²) in [6.07, 6.45) is 4.52. The first-order valence-corrected chi connectivity index (χ1v) is 6.83. The lowest BCUT2D eigenvalue weighted by atomic mass is 10.1. The van der Waals surface area contributed by atoms with Crippen LogP contribution in [0.3, 0.4) is 0 Å². The summed E-state index contributed by atoms with van der Waals surface area (Å²) in [5.74, 6) is -0.286. The highest BCUT2D eigenvalue weighted by atomic mass is 35.5. The number of hydrogen-bond acceptors (Lipinski definition) is 4. The minimum Gasteiger partial charge on any atom is -0.324 e. The summed E-state index contributed by atoms with van der Waals surface area (Å²) < 4.78 is 13.8. The molecule has 0 aliphatic rings. The maximum Gasteiger partial charge on any atom is 0.227 e. The molecule has 0 saturated carbocycles. The topological polar surface area (TPSA) is 50.2 Å². The minimum absolute atomic E-state index is 0.244. The standard InChI is InChI=1S/C16H14ClFN4/c1-3-5-13(15(18)19-2)14-8-9-20-16(22-14)21-12-7-4-6-11(17)10-12/h3-10H,1H2,2H3,(H,20,21,22)/b13-5+,19-15-. The van der Waals surface area contributed by atoms with Crippen molar-refractivity contribution in [2.24, 2.45) is 4.99 Å². The van der Waals surface area contributed by atoms with Gasteiger partial charge >= 0.3 is 0 Å². The van der Waals surface area contributed by atoms with E-state index in [0.29, 0.717) is 16.7 Å². The number of benzene rings is 1. The van der Waals surface area contributed by atoms with Crippen LogP contribution in [0.2, 0.25) is 5.02 Å². The third-order valence-electron chi connectivity index (χ3n) is 2.72. The van der Waals surface area contributed by atoms with Gasteiger partial charge in [-0.2, -0.15) is 4.39 Å². The molecule has 0 aliphatic carbocycles. The Morgan fingerprint density at radius 1 is 1.41 bits per heavy atom. The van der Waals surface area contributed by atoms with Crippen LogP contribution in [-0.4, -0.2) is 23.0 Å². The van der Waals surface area contributed by atoms with Gasteiger partial charge in [-0.15, -0.1) is 0 Å². The van der Waals surface area contributed by atoms with Crippen LogP contribution in [0.4, 0.5) is 16.0 Å². The van der Waals surface area contributed by atoms with Gasteiger partial charge < -0.3 is 5.32 Å². The van der Waals surface area contributed by atoms with Crippen molar-refractivity contribution in [1.82, 2.24) is 9.97 Å². The SMILES string of the molecule is C=C/C=C(/C(F)=N/C)c1ccnc(Nc2cccc(Cl)c2)n1. The zero-order valence-electron chi connectivity index (χ0n) is 11.9. The average molecular weight is 317 g/mol. The summed E-state index contributed by atoms with van der Waals surface area (Å²) in [4.78, 5) is 11.9. The lowest BCUT2D eigenvalue weighted by molar-refractivity contribution is 0.812. The van der Waals surface area contributed by atoms with E-state index in [1.54, 1.807) is 24.3 Å². The monoisotopic (exact) mass is 316 g/mol. The molecule has 1 heterocycles. The van der Waals surface area contributed by atoms with E-state index in [-0.39, 0.29) is 5.57 Å². The summed E-state index contributed by atoms with van der Waals surface area (Å²) in [7, 11) is 1.37. The normalized spacial score (nSPS) is 12.1. The first-order valence-electron chi connectivity index (χ1n) is 6.45. The Morgan fingerprint density at radius 2 is 2.23 bits per heavy atom. The van der Waals surface area contributed by atoms with Crippen molar-refractivity contribution in [3.63, 3.8) is 0 Å². The molecule has 0 unspecified atom stereocenters. The Bertz CT molecular complexity index is 740. The third kappa shape index (κ3) is 3.99. The molecule has 1 aromatic heterocycles. The van der Waals surface area contributed by atoms with Crippen molar-refractivity contribution in [1.29, 1.82) is 0 Å². The van der Waals surface area contributed by atoms with Gasteiger partial charge in [0.1, 0.15) is 0 Å². The number of anilines is 2. The van der Waals surface area contributed by atoms with Gasteiger partial charge in [0.15, 0.2) is 0 Å². The van der Waals surface area contributed by atoms with E-state index in [4.69, 9.17) is 11.6 Å². The van der Waals surface area contributed by atoms with E-state index >= 15 is 0 Å². The van der Waals surface area contributed by atoms with E-state index in [9.17, 15) is 4.39 Å². The molecule has 112 valence electrons. The number of allylic oxidation sites excluding steroid dienone is 3. The van der Waals surface area contributed by atoms with Crippen molar-refractivity contribution in [3.8, 4) is 0 Å². The molecule has 2 rings (SSSR count). The fraction of sp³-hybridized carbons (Fsp3) is 0.0625. The van der Waals surface area contributed by atoms with Gasteiger partial charge in [-0.3, -0.25) is 4.99 Å². The Balaban J connectivity index is 2.33. The Morgan fingerprint density at radius 3 is 2.91 bits per heavy atom. The van der Waals surface area contributed by atoms with Crippen molar-refractivity contribution >= 4 is 34.8 Å². The number of rotatable bonds is 5. The van der Waals surface area contributed by atoms with E-state index < -0.39 is 5.97 Å². The molecule has 0 bridgehead atoms. The molecule has 0 aliphatic heterocycles. The molecule has 6 heteroatoms. The number of aliphatic imine (C=N–C) groups is 1. The fourth-order valence-corrected chi connectivity index (χ4v) is 1.95. The highest BCUT2D eigenvalue weighted by Crippen LogP contribution is 2.20. The molecule has 1 N–H and O–H groups in total. The highest BCUT2D eigenvalue weighted by Gasteiger charge is 2.11. The van der Waals surface area contributed by atoms with Crippen LogP contribution in [0.25, 0.3) is 5.57 Å². The Kier molecular flexibility index (Phi) is 5.38. The van der Waals surface area contributed by atoms with Crippen LogP contribution in [0.5, 0.6) is 0 Å². The highest BCUT2D eigenvalue weighted by molar-refractivity contribution is 6.30. The molecule has 0 atom stereocenters. The van der Waals surface area contributed by atoms with Crippen molar-refractivity contribution in [2.45, 2.75) is 0 Å². The van der Waals surface area contributed by atoms with Gasteiger partial charge in [-0.1, -0.05) is 30.3 Å². The molecule has 0 amide bonds. The van der Waals surface area contributed by atoms with Gasteiger partial charge in [0.2, 0.25) is 11.9 Å². The molecular formula is C16H14ClFN4. The van der Waals surface area contributed by atoms with Crippen molar-refractivity contribution in [2.75, 3.05) is 12.4 Å². The molecule has 22 heavy (non-hydrogen) atoms. The number of aromatic nitrogens is 2. The largest absolute Gasteiger partial charge is 0.324 e. The summed E-state index contributed by atoms with van der Waals surface area (Å²) in [6.45, 7) is 3.57.